The average Bonchev–Trinajstić information content (AvgIpc) is 3.28. The van der Waals surface area contributed by atoms with E-state index in [0.717, 1.165) is 5.56 Å². The number of aryl methyl sites for hydroxylation is 1. The van der Waals surface area contributed by atoms with Crippen LogP contribution in [0.25, 0.3) is 32.9 Å². The lowest BCUT2D eigenvalue weighted by molar-refractivity contribution is 0.179. The molecular weight excluding hydrogens is 445 g/mol. The van der Waals surface area contributed by atoms with E-state index in [-0.39, 0.29) is 17.8 Å². The smallest absolute Gasteiger partial charge is 0.156 e. The molecule has 0 radical (unpaired) electrons. The second-order valence-corrected chi connectivity index (χ2v) is 8.71. The van der Waals surface area contributed by atoms with Crippen molar-refractivity contribution in [3.63, 3.8) is 0 Å². The normalized spacial score (nSPS) is 12.8. The van der Waals surface area contributed by atoms with Gasteiger partial charge in [-0.25, -0.2) is 14.4 Å². The van der Waals surface area contributed by atoms with E-state index in [1.165, 1.54) is 6.33 Å². The van der Waals surface area contributed by atoms with E-state index >= 15 is 4.39 Å². The van der Waals surface area contributed by atoms with Gasteiger partial charge < -0.3 is 15.0 Å². The lowest BCUT2D eigenvalue weighted by Gasteiger charge is -2.21. The molecule has 5 rings (SSSR count). The van der Waals surface area contributed by atoms with Crippen molar-refractivity contribution in [2.75, 3.05) is 26.0 Å². The van der Waals surface area contributed by atoms with Crippen molar-refractivity contribution in [1.82, 2.24) is 29.6 Å². The summed E-state index contributed by atoms with van der Waals surface area (Å²) in [6, 6.07) is 8.76. The first-order valence-corrected chi connectivity index (χ1v) is 11.2. The Morgan fingerprint density at radius 2 is 2.03 bits per heavy atom. The van der Waals surface area contributed by atoms with Gasteiger partial charge in [-0.15, -0.1) is 0 Å². The first kappa shape index (κ1) is 21.4. The molecule has 3 heterocycles. The highest BCUT2D eigenvalue weighted by Crippen LogP contribution is 2.37. The van der Waals surface area contributed by atoms with Gasteiger partial charge >= 0.3 is 0 Å². The summed E-state index contributed by atoms with van der Waals surface area (Å²) in [6.45, 7) is 2.65. The highest BCUT2D eigenvalue weighted by molar-refractivity contribution is 5.99. The Labute approximate surface area is 203 Å². The largest absolute Gasteiger partial charge is 0.489 e. The second-order valence-electron chi connectivity index (χ2n) is 8.71. The van der Waals surface area contributed by atoms with Crippen molar-refractivity contribution in [3.05, 3.63) is 67.1 Å². The van der Waals surface area contributed by atoms with Gasteiger partial charge in [0.1, 0.15) is 24.0 Å². The van der Waals surface area contributed by atoms with Crippen LogP contribution in [0.1, 0.15) is 8.29 Å². The topological polar surface area (TPSA) is 81.0 Å². The molecule has 0 fully saturated rings. The van der Waals surface area contributed by atoms with E-state index in [1.807, 2.05) is 45.2 Å². The van der Waals surface area contributed by atoms with Gasteiger partial charge in [0.05, 0.1) is 29.7 Å². The molecule has 2 aromatic carbocycles. The number of fused-ring (bicyclic) bond motifs is 2. The van der Waals surface area contributed by atoms with Gasteiger partial charge in [0.15, 0.2) is 5.82 Å². The Morgan fingerprint density at radius 3 is 2.80 bits per heavy atom. The highest BCUT2D eigenvalue weighted by atomic mass is 19.1. The molecule has 5 aromatic rings. The van der Waals surface area contributed by atoms with Gasteiger partial charge in [-0.1, -0.05) is 0 Å². The van der Waals surface area contributed by atoms with Crippen LogP contribution in [-0.4, -0.2) is 56.4 Å². The van der Waals surface area contributed by atoms with Crippen LogP contribution in [-0.2, 0) is 7.05 Å². The summed E-state index contributed by atoms with van der Waals surface area (Å²) in [4.78, 5) is 15.1. The summed E-state index contributed by atoms with van der Waals surface area (Å²) < 4.78 is 32.3. The van der Waals surface area contributed by atoms with Crippen molar-refractivity contribution in [2.24, 2.45) is 7.05 Å². The highest BCUT2D eigenvalue weighted by Gasteiger charge is 2.18. The van der Waals surface area contributed by atoms with E-state index < -0.39 is 5.82 Å². The fraction of sp³-hybridized carbons (Fsp3) is 0.231. The maximum absolute atomic E-state index is 15.3. The molecule has 0 saturated heterocycles. The molecule has 0 saturated carbocycles. The number of hydrogen-bond acceptors (Lipinski definition) is 7. The number of hydrogen-bond donors (Lipinski definition) is 1. The standard InChI is InChI=1S/C26H26FN7O/c1-16(13-33(2)3)35-23-11-17(18-12-31-34(4)14-18)10-22-24(23)26(30-15-29-22)32-21-8-7-20-19(25(21)27)6-5-9-28-20/h5-12,14-16H,13H2,1-4H3,(H,29,30,32)/t16-/m1/s1/i10D. The summed E-state index contributed by atoms with van der Waals surface area (Å²) in [5.74, 6) is 0.412. The van der Waals surface area contributed by atoms with Gasteiger partial charge in [-0.2, -0.15) is 5.10 Å². The van der Waals surface area contributed by atoms with E-state index in [4.69, 9.17) is 6.11 Å². The third-order valence-corrected chi connectivity index (χ3v) is 5.56. The zero-order valence-corrected chi connectivity index (χ0v) is 20.0. The van der Waals surface area contributed by atoms with E-state index in [2.05, 4.69) is 25.4 Å². The van der Waals surface area contributed by atoms with Gasteiger partial charge in [0.25, 0.3) is 0 Å². The Morgan fingerprint density at radius 1 is 1.17 bits per heavy atom. The first-order valence-electron chi connectivity index (χ1n) is 11.7. The number of nitrogens with one attached hydrogen (secondary N) is 1. The fourth-order valence-electron chi connectivity index (χ4n) is 4.09. The van der Waals surface area contributed by atoms with Crippen LogP contribution in [0, 0.1) is 5.82 Å². The number of ether oxygens (including phenoxy) is 1. The van der Waals surface area contributed by atoms with E-state index in [1.54, 1.807) is 41.3 Å². The summed E-state index contributed by atoms with van der Waals surface area (Å²) in [5.41, 5.74) is 2.60. The van der Waals surface area contributed by atoms with Crippen LogP contribution in [0.3, 0.4) is 0 Å². The molecule has 0 unspecified atom stereocenters. The van der Waals surface area contributed by atoms with Crippen molar-refractivity contribution < 1.29 is 10.5 Å². The molecule has 8 nitrogen and oxygen atoms in total. The van der Waals surface area contributed by atoms with Crippen LogP contribution in [0.4, 0.5) is 15.9 Å². The second kappa shape index (κ2) is 9.27. The third-order valence-electron chi connectivity index (χ3n) is 5.56. The maximum Gasteiger partial charge on any atom is 0.156 e. The molecule has 9 heteroatoms. The minimum Gasteiger partial charge on any atom is -0.489 e. The molecule has 178 valence electrons. The first-order chi connectivity index (χ1) is 17.3. The Kier molecular flexibility index (Phi) is 5.67. The number of anilines is 2. The van der Waals surface area contributed by atoms with Gasteiger partial charge in [0.2, 0.25) is 0 Å². The van der Waals surface area contributed by atoms with E-state index in [9.17, 15) is 0 Å². The minimum atomic E-state index is -0.436. The zero-order chi connectivity index (χ0) is 25.4. The molecule has 0 aliphatic rings. The van der Waals surface area contributed by atoms with Crippen molar-refractivity contribution in [2.45, 2.75) is 13.0 Å². The third kappa shape index (κ3) is 4.63. The molecule has 35 heavy (non-hydrogen) atoms. The van der Waals surface area contributed by atoms with Crippen molar-refractivity contribution >= 4 is 33.3 Å². The molecule has 0 aliphatic heterocycles. The Balaban J connectivity index is 1.68. The molecule has 1 atom stereocenters. The number of rotatable bonds is 7. The van der Waals surface area contributed by atoms with Gasteiger partial charge in [-0.3, -0.25) is 9.67 Å². The van der Waals surface area contributed by atoms with Crippen LogP contribution in [0.2, 0.25) is 0 Å². The molecule has 0 aliphatic carbocycles. The van der Waals surface area contributed by atoms with Crippen molar-refractivity contribution in [1.29, 1.82) is 0 Å². The predicted molar refractivity (Wildman–Crippen MR) is 135 cm³/mol. The molecule has 1 N–H and O–H groups in total. The number of halogens is 1. The number of aromatic nitrogens is 5. The van der Waals surface area contributed by atoms with Gasteiger partial charge in [0, 0.05) is 36.9 Å². The number of benzene rings is 2. The summed E-state index contributed by atoms with van der Waals surface area (Å²) in [5, 5.41) is 8.26. The van der Waals surface area contributed by atoms with Crippen LogP contribution in [0.15, 0.2) is 61.3 Å². The maximum atomic E-state index is 15.3. The quantitative estimate of drug-likeness (QED) is 0.365. The lowest BCUT2D eigenvalue weighted by Crippen LogP contribution is -2.28. The molecule has 0 spiro atoms. The predicted octanol–water partition coefficient (Wildman–Crippen LogP) is 4.79. The Bertz CT molecular complexity index is 1570. The Hall–Kier alpha value is -4.11. The van der Waals surface area contributed by atoms with Crippen LogP contribution < -0.4 is 10.1 Å². The summed E-state index contributed by atoms with van der Waals surface area (Å²) >= 11 is 0. The number of likely N-dealkylation sites (N-methyl/N-ethyl adjacent to an activating group) is 1. The average molecular weight is 473 g/mol. The van der Waals surface area contributed by atoms with Crippen LogP contribution in [0.5, 0.6) is 5.75 Å². The van der Waals surface area contributed by atoms with E-state index in [0.29, 0.717) is 45.5 Å². The summed E-state index contributed by atoms with van der Waals surface area (Å²) in [7, 11) is 5.77. The number of nitrogens with zero attached hydrogens (tertiary/aromatic N) is 6. The number of pyridine rings is 1. The summed E-state index contributed by atoms with van der Waals surface area (Å²) in [6.07, 6.45) is 6.36. The molecular formula is C26H26FN7O. The van der Waals surface area contributed by atoms with Crippen molar-refractivity contribution in [3.8, 4) is 16.9 Å². The monoisotopic (exact) mass is 472 g/mol. The minimum absolute atomic E-state index is 0.168. The van der Waals surface area contributed by atoms with Gasteiger partial charge in [-0.05, 0) is 63.0 Å². The molecule has 0 bridgehead atoms. The fourth-order valence-corrected chi connectivity index (χ4v) is 4.09. The molecule has 3 aromatic heterocycles. The zero-order valence-electron chi connectivity index (χ0n) is 21.0. The van der Waals surface area contributed by atoms with Crippen LogP contribution >= 0.6 is 0 Å². The lowest BCUT2D eigenvalue weighted by atomic mass is 10.1. The SMILES string of the molecule is [2H]c1c(-c2cnn(C)c2)cc(O[C@H](C)CN(C)C)c2c(Nc3ccc4ncccc4c3F)ncnc12. The molecule has 0 amide bonds.